The van der Waals surface area contributed by atoms with E-state index in [1.807, 2.05) is 30.3 Å². The zero-order valence-electron chi connectivity index (χ0n) is 15.7. The van der Waals surface area contributed by atoms with Crippen molar-refractivity contribution in [1.82, 2.24) is 20.3 Å². The predicted molar refractivity (Wildman–Crippen MR) is 108 cm³/mol. The van der Waals surface area contributed by atoms with Crippen LogP contribution < -0.4 is 5.32 Å². The molecule has 29 heavy (non-hydrogen) atoms. The third kappa shape index (κ3) is 4.73. The van der Waals surface area contributed by atoms with Gasteiger partial charge in [0.1, 0.15) is 23.0 Å². The zero-order chi connectivity index (χ0) is 20.1. The summed E-state index contributed by atoms with van der Waals surface area (Å²) in [5.41, 5.74) is 3.99. The van der Waals surface area contributed by atoms with Crippen molar-refractivity contribution in [3.8, 4) is 11.3 Å². The summed E-state index contributed by atoms with van der Waals surface area (Å²) in [4.78, 5) is 1.52. The smallest absolute Gasteiger partial charge is 0.128 e. The second kappa shape index (κ2) is 8.75. The monoisotopic (exact) mass is 390 g/mol. The van der Waals surface area contributed by atoms with Gasteiger partial charge in [-0.1, -0.05) is 60.7 Å². The molecule has 4 aromatic rings. The van der Waals surface area contributed by atoms with Crippen LogP contribution >= 0.6 is 0 Å². The SMILES string of the molecule is Fc1ccc(CNCc2nn(Cc3ccccc3F)nc2-c2ccccc2)cc1. The fourth-order valence-electron chi connectivity index (χ4n) is 3.10. The van der Waals surface area contributed by atoms with E-state index in [0.717, 1.165) is 22.5 Å². The molecule has 0 atom stereocenters. The number of benzene rings is 3. The minimum Gasteiger partial charge on any atom is -0.307 e. The van der Waals surface area contributed by atoms with Crippen molar-refractivity contribution in [3.63, 3.8) is 0 Å². The number of rotatable bonds is 7. The lowest BCUT2D eigenvalue weighted by atomic mass is 10.1. The van der Waals surface area contributed by atoms with E-state index in [-0.39, 0.29) is 18.2 Å². The van der Waals surface area contributed by atoms with E-state index < -0.39 is 0 Å². The van der Waals surface area contributed by atoms with Crippen LogP contribution in [0, 0.1) is 11.6 Å². The zero-order valence-corrected chi connectivity index (χ0v) is 15.7. The maximum Gasteiger partial charge on any atom is 0.128 e. The Hall–Kier alpha value is -3.38. The summed E-state index contributed by atoms with van der Waals surface area (Å²) in [5, 5.41) is 12.5. The summed E-state index contributed by atoms with van der Waals surface area (Å²) in [6.45, 7) is 1.32. The van der Waals surface area contributed by atoms with Gasteiger partial charge in [-0.15, -0.1) is 0 Å². The van der Waals surface area contributed by atoms with Crippen LogP contribution in [0.4, 0.5) is 8.78 Å². The van der Waals surface area contributed by atoms with Crippen LogP contribution in [-0.2, 0) is 19.6 Å². The van der Waals surface area contributed by atoms with Crippen LogP contribution in [0.5, 0.6) is 0 Å². The van der Waals surface area contributed by atoms with E-state index in [0.29, 0.717) is 18.7 Å². The third-order valence-corrected chi connectivity index (χ3v) is 4.58. The Labute approximate surface area is 167 Å². The van der Waals surface area contributed by atoms with Gasteiger partial charge in [0.05, 0.1) is 6.54 Å². The molecule has 4 rings (SSSR count). The van der Waals surface area contributed by atoms with Crippen LogP contribution in [0.15, 0.2) is 78.9 Å². The van der Waals surface area contributed by atoms with E-state index in [1.54, 1.807) is 30.3 Å². The average molecular weight is 390 g/mol. The molecule has 0 saturated heterocycles. The average Bonchev–Trinajstić information content (AvgIpc) is 3.14. The molecule has 3 aromatic carbocycles. The Morgan fingerprint density at radius 1 is 0.759 bits per heavy atom. The lowest BCUT2D eigenvalue weighted by Gasteiger charge is -2.04. The summed E-state index contributed by atoms with van der Waals surface area (Å²) in [6.07, 6.45) is 0. The number of nitrogens with one attached hydrogen (secondary N) is 1. The van der Waals surface area contributed by atoms with Gasteiger partial charge in [-0.2, -0.15) is 15.0 Å². The largest absolute Gasteiger partial charge is 0.307 e. The molecular formula is C23H20F2N4. The lowest BCUT2D eigenvalue weighted by Crippen LogP contribution is -2.14. The predicted octanol–water partition coefficient (Wildman–Crippen LogP) is 4.56. The first-order valence-corrected chi connectivity index (χ1v) is 9.37. The minimum atomic E-state index is -0.276. The number of hydrogen-bond donors (Lipinski definition) is 1. The normalized spacial score (nSPS) is 11.0. The van der Waals surface area contributed by atoms with E-state index in [2.05, 4.69) is 15.5 Å². The van der Waals surface area contributed by atoms with Crippen molar-refractivity contribution in [2.24, 2.45) is 0 Å². The summed E-state index contributed by atoms with van der Waals surface area (Å²) >= 11 is 0. The molecule has 0 fully saturated rings. The van der Waals surface area contributed by atoms with E-state index >= 15 is 0 Å². The topological polar surface area (TPSA) is 42.7 Å². The van der Waals surface area contributed by atoms with Gasteiger partial charge in [0, 0.05) is 24.2 Å². The Bertz CT molecular complexity index is 1080. The first-order valence-electron chi connectivity index (χ1n) is 9.37. The van der Waals surface area contributed by atoms with Gasteiger partial charge < -0.3 is 5.32 Å². The Kier molecular flexibility index (Phi) is 5.72. The fourth-order valence-corrected chi connectivity index (χ4v) is 3.10. The molecule has 0 aliphatic rings. The van der Waals surface area contributed by atoms with Crippen molar-refractivity contribution < 1.29 is 8.78 Å². The molecule has 0 radical (unpaired) electrons. The Morgan fingerprint density at radius 3 is 2.24 bits per heavy atom. The maximum atomic E-state index is 14.0. The highest BCUT2D eigenvalue weighted by atomic mass is 19.1. The molecule has 0 saturated carbocycles. The van der Waals surface area contributed by atoms with Crippen LogP contribution in [0.2, 0.25) is 0 Å². The molecule has 1 N–H and O–H groups in total. The van der Waals surface area contributed by atoms with Gasteiger partial charge in [0.15, 0.2) is 0 Å². The van der Waals surface area contributed by atoms with Gasteiger partial charge in [-0.05, 0) is 23.8 Å². The molecule has 0 aliphatic carbocycles. The molecule has 0 aliphatic heterocycles. The molecule has 0 unspecified atom stereocenters. The Balaban J connectivity index is 1.55. The van der Waals surface area contributed by atoms with Gasteiger partial charge in [-0.25, -0.2) is 8.78 Å². The highest BCUT2D eigenvalue weighted by molar-refractivity contribution is 5.60. The van der Waals surface area contributed by atoms with Crippen LogP contribution in [0.25, 0.3) is 11.3 Å². The van der Waals surface area contributed by atoms with Crippen molar-refractivity contribution in [1.29, 1.82) is 0 Å². The van der Waals surface area contributed by atoms with E-state index in [4.69, 9.17) is 0 Å². The van der Waals surface area contributed by atoms with Crippen molar-refractivity contribution >= 4 is 0 Å². The van der Waals surface area contributed by atoms with Crippen molar-refractivity contribution in [2.75, 3.05) is 0 Å². The maximum absolute atomic E-state index is 14.0. The van der Waals surface area contributed by atoms with Crippen LogP contribution in [0.1, 0.15) is 16.8 Å². The highest BCUT2D eigenvalue weighted by Crippen LogP contribution is 2.21. The summed E-state index contributed by atoms with van der Waals surface area (Å²) in [5.74, 6) is -0.529. The van der Waals surface area contributed by atoms with Crippen LogP contribution in [0.3, 0.4) is 0 Å². The molecule has 0 bridgehead atoms. The molecule has 0 amide bonds. The second-order valence-corrected chi connectivity index (χ2v) is 6.71. The molecule has 1 heterocycles. The summed E-state index contributed by atoms with van der Waals surface area (Å²) < 4.78 is 27.1. The van der Waals surface area contributed by atoms with Gasteiger partial charge in [-0.3, -0.25) is 0 Å². The summed E-state index contributed by atoms with van der Waals surface area (Å²) in [7, 11) is 0. The van der Waals surface area contributed by atoms with Crippen LogP contribution in [-0.4, -0.2) is 15.0 Å². The lowest BCUT2D eigenvalue weighted by molar-refractivity contribution is 0.543. The molecule has 6 heteroatoms. The standard InChI is InChI=1S/C23H20F2N4/c24-20-12-10-17(11-13-20)14-26-15-22-23(18-6-2-1-3-7-18)28-29(27-22)16-19-8-4-5-9-21(19)25/h1-13,26H,14-16H2. The third-order valence-electron chi connectivity index (χ3n) is 4.58. The number of nitrogens with zero attached hydrogens (tertiary/aromatic N) is 3. The molecular weight excluding hydrogens is 370 g/mol. The van der Waals surface area contributed by atoms with Gasteiger partial charge in [0.2, 0.25) is 0 Å². The molecule has 146 valence electrons. The summed E-state index contributed by atoms with van der Waals surface area (Å²) in [6, 6.07) is 22.8. The minimum absolute atomic E-state index is 0.254. The highest BCUT2D eigenvalue weighted by Gasteiger charge is 2.14. The van der Waals surface area contributed by atoms with E-state index in [1.165, 1.54) is 23.0 Å². The number of hydrogen-bond acceptors (Lipinski definition) is 3. The van der Waals surface area contributed by atoms with Crippen molar-refractivity contribution in [3.05, 3.63) is 107 Å². The Morgan fingerprint density at radius 2 is 1.48 bits per heavy atom. The molecule has 1 aromatic heterocycles. The number of aromatic nitrogens is 3. The van der Waals surface area contributed by atoms with Gasteiger partial charge >= 0.3 is 0 Å². The second-order valence-electron chi connectivity index (χ2n) is 6.71. The van der Waals surface area contributed by atoms with E-state index in [9.17, 15) is 8.78 Å². The molecule has 0 spiro atoms. The number of halogens is 2. The van der Waals surface area contributed by atoms with Gasteiger partial charge in [0.25, 0.3) is 0 Å². The van der Waals surface area contributed by atoms with Crippen molar-refractivity contribution in [2.45, 2.75) is 19.6 Å². The molecule has 4 nitrogen and oxygen atoms in total. The fraction of sp³-hybridized carbons (Fsp3) is 0.130. The first kappa shape index (κ1) is 19.0. The quantitative estimate of drug-likeness (QED) is 0.503. The first-order chi connectivity index (χ1) is 14.2.